The monoisotopic (exact) mass is 272 g/mol. The molecule has 0 aromatic heterocycles. The Bertz CT molecular complexity index is 602. The van der Waals surface area contributed by atoms with Crippen molar-refractivity contribution in [3.05, 3.63) is 53.6 Å². The fraction of sp³-hybridized carbons (Fsp3) is 0.188. The highest BCUT2D eigenvalue weighted by molar-refractivity contribution is 5.94. The summed E-state index contributed by atoms with van der Waals surface area (Å²) in [7, 11) is 1.54. The molecule has 0 saturated carbocycles. The van der Waals surface area contributed by atoms with Crippen molar-refractivity contribution in [2.75, 3.05) is 7.11 Å². The third-order valence-electron chi connectivity index (χ3n) is 2.90. The second-order valence-corrected chi connectivity index (χ2v) is 4.33. The molecule has 0 amide bonds. The van der Waals surface area contributed by atoms with E-state index in [0.29, 0.717) is 22.8 Å². The van der Waals surface area contributed by atoms with Gasteiger partial charge in [0.2, 0.25) is 0 Å². The number of benzene rings is 2. The molecule has 0 fully saturated rings. The second-order valence-electron chi connectivity index (χ2n) is 4.33. The molecular formula is C16H16O4. The first kappa shape index (κ1) is 14.1. The Morgan fingerprint density at radius 2 is 1.80 bits per heavy atom. The summed E-state index contributed by atoms with van der Waals surface area (Å²) in [5.74, 6) is 1.74. The minimum atomic E-state index is -0.0516. The van der Waals surface area contributed by atoms with E-state index in [1.165, 1.54) is 6.92 Å². The highest BCUT2D eigenvalue weighted by atomic mass is 16.5. The molecule has 0 aliphatic rings. The normalized spacial score (nSPS) is 10.2. The van der Waals surface area contributed by atoms with Gasteiger partial charge in [-0.1, -0.05) is 6.07 Å². The van der Waals surface area contributed by atoms with E-state index in [2.05, 4.69) is 0 Å². The summed E-state index contributed by atoms with van der Waals surface area (Å²) in [4.78, 5) is 11.2. The Balaban J connectivity index is 2.23. The summed E-state index contributed by atoms with van der Waals surface area (Å²) in [6.45, 7) is 1.47. The van der Waals surface area contributed by atoms with Crippen LogP contribution in [-0.2, 0) is 6.61 Å². The van der Waals surface area contributed by atoms with E-state index in [1.54, 1.807) is 49.6 Å². The SMILES string of the molecule is COc1cc(CO)ccc1Oc1ccc(C(C)=O)cc1. The lowest BCUT2D eigenvalue weighted by molar-refractivity contribution is 0.101. The van der Waals surface area contributed by atoms with Gasteiger partial charge in [-0.15, -0.1) is 0 Å². The second kappa shape index (κ2) is 6.21. The molecule has 0 heterocycles. The Kier molecular flexibility index (Phi) is 4.38. The summed E-state index contributed by atoms with van der Waals surface area (Å²) in [6, 6.07) is 12.1. The van der Waals surface area contributed by atoms with Gasteiger partial charge in [0.25, 0.3) is 0 Å². The van der Waals surface area contributed by atoms with Gasteiger partial charge in [0.05, 0.1) is 13.7 Å². The maximum Gasteiger partial charge on any atom is 0.169 e. The predicted octanol–water partition coefficient (Wildman–Crippen LogP) is 3.18. The Hall–Kier alpha value is -2.33. The minimum Gasteiger partial charge on any atom is -0.493 e. The molecule has 104 valence electrons. The molecule has 4 heteroatoms. The van der Waals surface area contributed by atoms with Gasteiger partial charge >= 0.3 is 0 Å². The van der Waals surface area contributed by atoms with E-state index in [-0.39, 0.29) is 12.4 Å². The van der Waals surface area contributed by atoms with Gasteiger partial charge in [0.1, 0.15) is 5.75 Å². The summed E-state index contributed by atoms with van der Waals surface area (Å²) in [5.41, 5.74) is 1.39. The van der Waals surface area contributed by atoms with Crippen molar-refractivity contribution in [3.63, 3.8) is 0 Å². The quantitative estimate of drug-likeness (QED) is 0.849. The van der Waals surface area contributed by atoms with Crippen LogP contribution in [0.15, 0.2) is 42.5 Å². The van der Waals surface area contributed by atoms with Crippen LogP contribution in [0.5, 0.6) is 17.2 Å². The van der Waals surface area contributed by atoms with Crippen LogP contribution in [0.25, 0.3) is 0 Å². The van der Waals surface area contributed by atoms with Crippen molar-refractivity contribution < 1.29 is 19.4 Å². The lowest BCUT2D eigenvalue weighted by Crippen LogP contribution is -1.94. The molecule has 0 spiro atoms. The number of carbonyl (C=O) groups is 1. The molecule has 0 unspecified atom stereocenters. The van der Waals surface area contributed by atoms with E-state index in [4.69, 9.17) is 14.6 Å². The zero-order valence-corrected chi connectivity index (χ0v) is 11.4. The van der Waals surface area contributed by atoms with Gasteiger partial charge in [0.15, 0.2) is 17.3 Å². The zero-order valence-electron chi connectivity index (χ0n) is 11.4. The summed E-state index contributed by atoms with van der Waals surface area (Å²) in [6.07, 6.45) is 0. The number of aliphatic hydroxyl groups is 1. The molecule has 2 aromatic carbocycles. The van der Waals surface area contributed by atoms with Crippen LogP contribution in [0.2, 0.25) is 0 Å². The standard InChI is InChI=1S/C16H16O4/c1-11(18)13-4-6-14(7-5-13)20-15-8-3-12(10-17)9-16(15)19-2/h3-9,17H,10H2,1-2H3. The van der Waals surface area contributed by atoms with Crippen LogP contribution in [0.3, 0.4) is 0 Å². The van der Waals surface area contributed by atoms with Crippen molar-refractivity contribution >= 4 is 5.78 Å². The van der Waals surface area contributed by atoms with E-state index in [9.17, 15) is 4.79 Å². The first-order chi connectivity index (χ1) is 9.63. The fourth-order valence-corrected chi connectivity index (χ4v) is 1.78. The van der Waals surface area contributed by atoms with Crippen molar-refractivity contribution in [1.82, 2.24) is 0 Å². The van der Waals surface area contributed by atoms with Crippen LogP contribution in [-0.4, -0.2) is 18.0 Å². The molecule has 0 atom stereocenters. The third-order valence-corrected chi connectivity index (χ3v) is 2.90. The first-order valence-electron chi connectivity index (χ1n) is 6.20. The van der Waals surface area contributed by atoms with Crippen LogP contribution in [0.4, 0.5) is 0 Å². The molecule has 0 aliphatic carbocycles. The van der Waals surface area contributed by atoms with Gasteiger partial charge in [-0.2, -0.15) is 0 Å². The molecular weight excluding hydrogens is 256 g/mol. The number of ether oxygens (including phenoxy) is 2. The molecule has 1 N–H and O–H groups in total. The number of hydrogen-bond donors (Lipinski definition) is 1. The summed E-state index contributed by atoms with van der Waals surface area (Å²) < 4.78 is 10.9. The average Bonchev–Trinajstić information content (AvgIpc) is 2.48. The van der Waals surface area contributed by atoms with Gasteiger partial charge in [-0.25, -0.2) is 0 Å². The van der Waals surface area contributed by atoms with E-state index in [1.807, 2.05) is 0 Å². The van der Waals surface area contributed by atoms with Crippen molar-refractivity contribution in [1.29, 1.82) is 0 Å². The minimum absolute atomic E-state index is 0.0152. The number of rotatable bonds is 5. The average molecular weight is 272 g/mol. The van der Waals surface area contributed by atoms with Gasteiger partial charge < -0.3 is 14.6 Å². The Labute approximate surface area is 117 Å². The fourth-order valence-electron chi connectivity index (χ4n) is 1.78. The molecule has 0 radical (unpaired) electrons. The molecule has 0 aliphatic heterocycles. The van der Waals surface area contributed by atoms with Gasteiger partial charge in [-0.3, -0.25) is 4.79 Å². The number of ketones is 1. The van der Waals surface area contributed by atoms with Crippen LogP contribution < -0.4 is 9.47 Å². The zero-order chi connectivity index (χ0) is 14.5. The lowest BCUT2D eigenvalue weighted by Gasteiger charge is -2.11. The Morgan fingerprint density at radius 1 is 1.10 bits per heavy atom. The molecule has 0 saturated heterocycles. The summed E-state index contributed by atoms with van der Waals surface area (Å²) >= 11 is 0. The highest BCUT2D eigenvalue weighted by Crippen LogP contribution is 2.32. The third kappa shape index (κ3) is 3.16. The number of carbonyl (C=O) groups excluding carboxylic acids is 1. The lowest BCUT2D eigenvalue weighted by atomic mass is 10.1. The molecule has 2 rings (SSSR count). The maximum absolute atomic E-state index is 11.2. The predicted molar refractivity (Wildman–Crippen MR) is 75.4 cm³/mol. The number of hydrogen-bond acceptors (Lipinski definition) is 4. The van der Waals surface area contributed by atoms with Crippen LogP contribution in [0.1, 0.15) is 22.8 Å². The Morgan fingerprint density at radius 3 is 2.35 bits per heavy atom. The van der Waals surface area contributed by atoms with Crippen LogP contribution in [0, 0.1) is 0 Å². The number of methoxy groups -OCH3 is 1. The topological polar surface area (TPSA) is 55.8 Å². The van der Waals surface area contributed by atoms with Gasteiger partial charge in [-0.05, 0) is 48.9 Å². The highest BCUT2D eigenvalue weighted by Gasteiger charge is 2.07. The maximum atomic E-state index is 11.2. The molecule has 4 nitrogen and oxygen atoms in total. The molecule has 0 bridgehead atoms. The van der Waals surface area contributed by atoms with E-state index < -0.39 is 0 Å². The van der Waals surface area contributed by atoms with Crippen molar-refractivity contribution in [2.45, 2.75) is 13.5 Å². The van der Waals surface area contributed by atoms with Gasteiger partial charge in [0, 0.05) is 5.56 Å². The van der Waals surface area contributed by atoms with Crippen molar-refractivity contribution in [2.24, 2.45) is 0 Å². The van der Waals surface area contributed by atoms with E-state index in [0.717, 1.165) is 5.56 Å². The first-order valence-corrected chi connectivity index (χ1v) is 6.20. The number of aliphatic hydroxyl groups excluding tert-OH is 1. The number of Topliss-reactive ketones (excluding diaryl/α,β-unsaturated/α-hetero) is 1. The smallest absolute Gasteiger partial charge is 0.169 e. The summed E-state index contributed by atoms with van der Waals surface area (Å²) in [5, 5.41) is 9.09. The van der Waals surface area contributed by atoms with E-state index >= 15 is 0 Å². The van der Waals surface area contributed by atoms with Crippen molar-refractivity contribution in [3.8, 4) is 17.2 Å². The largest absolute Gasteiger partial charge is 0.493 e. The molecule has 2 aromatic rings. The van der Waals surface area contributed by atoms with Crippen LogP contribution >= 0.6 is 0 Å². The molecule has 20 heavy (non-hydrogen) atoms.